The van der Waals surface area contributed by atoms with Crippen molar-refractivity contribution in [1.82, 2.24) is 0 Å². The summed E-state index contributed by atoms with van der Waals surface area (Å²) in [6.45, 7) is 8.12. The third-order valence-corrected chi connectivity index (χ3v) is 3.33. The average Bonchev–Trinajstić information content (AvgIpc) is 2.19. The minimum absolute atomic E-state index is 1.02. The first-order chi connectivity index (χ1) is 7.13. The molecule has 15 heavy (non-hydrogen) atoms. The van der Waals surface area contributed by atoms with E-state index in [2.05, 4.69) is 48.2 Å². The van der Waals surface area contributed by atoms with Gasteiger partial charge in [0.2, 0.25) is 0 Å². The van der Waals surface area contributed by atoms with Crippen LogP contribution in [0.3, 0.4) is 0 Å². The van der Waals surface area contributed by atoms with Crippen LogP contribution in [0, 0.1) is 6.92 Å². The van der Waals surface area contributed by atoms with Gasteiger partial charge in [-0.3, -0.25) is 0 Å². The molecule has 0 amide bonds. The Morgan fingerprint density at radius 3 is 2.60 bits per heavy atom. The Balaban J connectivity index is 2.89. The first-order valence-electron chi connectivity index (χ1n) is 4.99. The number of allylic oxidation sites excluding steroid dienone is 3. The third-order valence-electron chi connectivity index (χ3n) is 2.24. The maximum atomic E-state index is 3.92. The molecule has 0 nitrogen and oxygen atoms in total. The second-order valence-corrected chi connectivity index (χ2v) is 4.63. The number of hydrogen-bond donors (Lipinski definition) is 0. The van der Waals surface area contributed by atoms with Crippen LogP contribution in [0.1, 0.15) is 18.1 Å². The Morgan fingerprint density at radius 1 is 1.40 bits per heavy atom. The van der Waals surface area contributed by atoms with Crippen LogP contribution in [-0.4, -0.2) is 4.40 Å². The van der Waals surface area contributed by atoms with E-state index in [1.165, 1.54) is 36.1 Å². The van der Waals surface area contributed by atoms with Gasteiger partial charge in [0.15, 0.2) is 0 Å². The predicted octanol–water partition coefficient (Wildman–Crippen LogP) is 3.39. The molecule has 0 atom stereocenters. The summed E-state index contributed by atoms with van der Waals surface area (Å²) >= 11 is 1.49. The average molecular weight is 368 g/mol. The second-order valence-electron chi connectivity index (χ2n) is 3.79. The van der Waals surface area contributed by atoms with Crippen molar-refractivity contribution >= 4 is 4.40 Å². The van der Waals surface area contributed by atoms with Crippen molar-refractivity contribution in [2.24, 2.45) is 0 Å². The molecular formula is C14H16W. The molecule has 0 unspecified atom stereocenters. The van der Waals surface area contributed by atoms with E-state index in [1.54, 1.807) is 0 Å². The number of aryl methyl sites for hydroxylation is 1. The summed E-state index contributed by atoms with van der Waals surface area (Å²) in [4.78, 5) is 0. The number of rotatable bonds is 4. The first-order valence-corrected chi connectivity index (χ1v) is 6.68. The van der Waals surface area contributed by atoms with Gasteiger partial charge in [0.1, 0.15) is 0 Å². The molecule has 1 aromatic carbocycles. The molecule has 0 heterocycles. The van der Waals surface area contributed by atoms with Crippen LogP contribution in [0.5, 0.6) is 0 Å². The van der Waals surface area contributed by atoms with E-state index >= 15 is 0 Å². The molecule has 78 valence electrons. The van der Waals surface area contributed by atoms with E-state index in [0.717, 1.165) is 12.0 Å². The van der Waals surface area contributed by atoms with Gasteiger partial charge in [0.25, 0.3) is 0 Å². The topological polar surface area (TPSA) is 0 Å². The predicted molar refractivity (Wildman–Crippen MR) is 63.8 cm³/mol. The van der Waals surface area contributed by atoms with Gasteiger partial charge in [0, 0.05) is 0 Å². The summed E-state index contributed by atoms with van der Waals surface area (Å²) < 4.78 is 2.24. The van der Waals surface area contributed by atoms with Crippen LogP contribution >= 0.6 is 0 Å². The summed E-state index contributed by atoms with van der Waals surface area (Å²) in [5.74, 6) is 0. The van der Waals surface area contributed by atoms with Crippen molar-refractivity contribution < 1.29 is 19.4 Å². The number of benzene rings is 1. The van der Waals surface area contributed by atoms with E-state index in [4.69, 9.17) is 0 Å². The van der Waals surface area contributed by atoms with Gasteiger partial charge in [-0.05, 0) is 0 Å². The minimum atomic E-state index is 1.02. The Morgan fingerprint density at radius 2 is 2.07 bits per heavy atom. The zero-order valence-corrected chi connectivity index (χ0v) is 12.2. The van der Waals surface area contributed by atoms with E-state index < -0.39 is 0 Å². The molecule has 0 aromatic heterocycles. The van der Waals surface area contributed by atoms with Crippen LogP contribution in [0.2, 0.25) is 0 Å². The Kier molecular flexibility index (Phi) is 4.91. The first kappa shape index (κ1) is 12.3. The molecule has 0 fully saturated rings. The SMILES string of the molecule is C=C(C)C=C([CH]=[W])Cc1ccccc1C. The quantitative estimate of drug-likeness (QED) is 0.715. The second kappa shape index (κ2) is 5.98. The van der Waals surface area contributed by atoms with Crippen molar-refractivity contribution in [3.8, 4) is 0 Å². The zero-order valence-electron chi connectivity index (χ0n) is 9.29. The van der Waals surface area contributed by atoms with E-state index in [0.29, 0.717) is 0 Å². The molecule has 0 radical (unpaired) electrons. The van der Waals surface area contributed by atoms with Crippen LogP contribution < -0.4 is 0 Å². The fraction of sp³-hybridized carbons (Fsp3) is 0.214. The molecular weight excluding hydrogens is 352 g/mol. The van der Waals surface area contributed by atoms with E-state index in [9.17, 15) is 0 Å². The molecule has 0 aliphatic rings. The van der Waals surface area contributed by atoms with Gasteiger partial charge in [0.05, 0.1) is 0 Å². The normalized spacial score (nSPS) is 11.2. The monoisotopic (exact) mass is 368 g/mol. The van der Waals surface area contributed by atoms with Gasteiger partial charge >= 0.3 is 103 Å². The molecule has 0 saturated carbocycles. The standard InChI is InChI=1S/C14H16.W/c1-11(2)9-12(3)10-14-8-6-5-7-13(14)4;/h3,5-9H,1,10H2,2,4H3;. The molecule has 0 aliphatic heterocycles. The molecule has 0 spiro atoms. The molecule has 1 heteroatoms. The van der Waals surface area contributed by atoms with Crippen LogP contribution in [0.25, 0.3) is 0 Å². The Hall–Kier alpha value is -0.742. The van der Waals surface area contributed by atoms with E-state index in [-0.39, 0.29) is 0 Å². The van der Waals surface area contributed by atoms with Gasteiger partial charge < -0.3 is 0 Å². The molecule has 0 saturated heterocycles. The van der Waals surface area contributed by atoms with Gasteiger partial charge in [-0.1, -0.05) is 0 Å². The van der Waals surface area contributed by atoms with Gasteiger partial charge in [-0.2, -0.15) is 0 Å². The summed E-state index contributed by atoms with van der Waals surface area (Å²) in [6.07, 6.45) is 3.18. The van der Waals surface area contributed by atoms with Gasteiger partial charge in [-0.15, -0.1) is 0 Å². The van der Waals surface area contributed by atoms with Crippen LogP contribution in [0.15, 0.2) is 48.1 Å². The van der Waals surface area contributed by atoms with Crippen molar-refractivity contribution in [2.45, 2.75) is 20.3 Å². The van der Waals surface area contributed by atoms with Crippen molar-refractivity contribution in [2.75, 3.05) is 0 Å². The molecule has 0 N–H and O–H groups in total. The maximum absolute atomic E-state index is 3.92. The fourth-order valence-corrected chi connectivity index (χ4v) is 2.02. The summed E-state index contributed by atoms with van der Waals surface area (Å²) in [5.41, 5.74) is 5.26. The summed E-state index contributed by atoms with van der Waals surface area (Å²) in [5, 5.41) is 0. The Bertz CT molecular complexity index is 400. The summed E-state index contributed by atoms with van der Waals surface area (Å²) in [6, 6.07) is 8.54. The van der Waals surface area contributed by atoms with E-state index in [1.807, 2.05) is 6.92 Å². The Labute approximate surface area is 103 Å². The molecule has 0 bridgehead atoms. The summed E-state index contributed by atoms with van der Waals surface area (Å²) in [7, 11) is 0. The number of hydrogen-bond acceptors (Lipinski definition) is 0. The fourth-order valence-electron chi connectivity index (χ4n) is 1.47. The zero-order chi connectivity index (χ0) is 11.3. The molecule has 1 rings (SSSR count). The van der Waals surface area contributed by atoms with Crippen molar-refractivity contribution in [3.05, 3.63) is 59.2 Å². The van der Waals surface area contributed by atoms with Crippen LogP contribution in [-0.2, 0) is 25.8 Å². The van der Waals surface area contributed by atoms with Crippen molar-refractivity contribution in [3.63, 3.8) is 0 Å². The van der Waals surface area contributed by atoms with Gasteiger partial charge in [-0.25, -0.2) is 0 Å². The van der Waals surface area contributed by atoms with Crippen LogP contribution in [0.4, 0.5) is 0 Å². The third kappa shape index (κ3) is 4.09. The van der Waals surface area contributed by atoms with Crippen molar-refractivity contribution in [1.29, 1.82) is 0 Å². The molecule has 0 aliphatic carbocycles. The molecule has 1 aromatic rings.